The summed E-state index contributed by atoms with van der Waals surface area (Å²) in [6.07, 6.45) is 4.39. The highest BCUT2D eigenvalue weighted by atomic mass is 16.5. The highest BCUT2D eigenvalue weighted by molar-refractivity contribution is 6.02. The van der Waals surface area contributed by atoms with Crippen LogP contribution in [0.25, 0.3) is 0 Å². The SMILES string of the molecule is CCCCCCN1C(=O)COc2ccc(C(=O)CCC(=O)OCC)cc21. The topological polar surface area (TPSA) is 72.9 Å². The zero-order valence-corrected chi connectivity index (χ0v) is 15.6. The maximum absolute atomic E-state index is 12.4. The summed E-state index contributed by atoms with van der Waals surface area (Å²) in [5, 5.41) is 0. The Kier molecular flexibility index (Phi) is 7.63. The van der Waals surface area contributed by atoms with Crippen LogP contribution in [0.5, 0.6) is 5.75 Å². The Morgan fingerprint density at radius 2 is 1.96 bits per heavy atom. The summed E-state index contributed by atoms with van der Waals surface area (Å²) in [7, 11) is 0. The van der Waals surface area contributed by atoms with Crippen LogP contribution in [0.3, 0.4) is 0 Å². The van der Waals surface area contributed by atoms with Gasteiger partial charge in [-0.05, 0) is 31.5 Å². The second kappa shape index (κ2) is 9.94. The van der Waals surface area contributed by atoms with E-state index in [2.05, 4.69) is 6.92 Å². The van der Waals surface area contributed by atoms with Crippen LogP contribution in [-0.4, -0.2) is 37.4 Å². The fraction of sp³-hybridized carbons (Fsp3) is 0.550. The Balaban J connectivity index is 2.08. The van der Waals surface area contributed by atoms with Crippen LogP contribution < -0.4 is 9.64 Å². The first kappa shape index (κ1) is 19.9. The van der Waals surface area contributed by atoms with Gasteiger partial charge in [0.15, 0.2) is 12.4 Å². The number of rotatable bonds is 10. The predicted octanol–water partition coefficient (Wildman–Crippen LogP) is 3.52. The van der Waals surface area contributed by atoms with Crippen LogP contribution in [0, 0.1) is 0 Å². The zero-order valence-electron chi connectivity index (χ0n) is 15.6. The van der Waals surface area contributed by atoms with Crippen LogP contribution in [-0.2, 0) is 14.3 Å². The van der Waals surface area contributed by atoms with Crippen LogP contribution >= 0.6 is 0 Å². The molecule has 6 nitrogen and oxygen atoms in total. The van der Waals surface area contributed by atoms with Gasteiger partial charge >= 0.3 is 5.97 Å². The summed E-state index contributed by atoms with van der Waals surface area (Å²) in [5.41, 5.74) is 1.12. The van der Waals surface area contributed by atoms with Gasteiger partial charge < -0.3 is 14.4 Å². The number of benzene rings is 1. The molecule has 0 saturated carbocycles. The molecule has 1 aromatic carbocycles. The van der Waals surface area contributed by atoms with Gasteiger partial charge in [-0.1, -0.05) is 26.2 Å². The van der Waals surface area contributed by atoms with Gasteiger partial charge in [0, 0.05) is 18.5 Å². The van der Waals surface area contributed by atoms with Gasteiger partial charge in [-0.3, -0.25) is 14.4 Å². The lowest BCUT2D eigenvalue weighted by Crippen LogP contribution is -2.39. The van der Waals surface area contributed by atoms with E-state index >= 15 is 0 Å². The number of amides is 1. The highest BCUT2D eigenvalue weighted by Crippen LogP contribution is 2.33. The first-order chi connectivity index (χ1) is 12.6. The van der Waals surface area contributed by atoms with Crippen molar-refractivity contribution < 1.29 is 23.9 Å². The lowest BCUT2D eigenvalue weighted by Gasteiger charge is -2.29. The van der Waals surface area contributed by atoms with Crippen LogP contribution in [0.2, 0.25) is 0 Å². The van der Waals surface area contributed by atoms with Crippen molar-refractivity contribution in [2.45, 2.75) is 52.4 Å². The summed E-state index contributed by atoms with van der Waals surface area (Å²) in [6, 6.07) is 5.09. The van der Waals surface area contributed by atoms with E-state index in [0.717, 1.165) is 25.7 Å². The molecule has 6 heteroatoms. The quantitative estimate of drug-likeness (QED) is 0.362. The number of esters is 1. The van der Waals surface area contributed by atoms with Gasteiger partial charge in [-0.15, -0.1) is 0 Å². The third-order valence-corrected chi connectivity index (χ3v) is 4.32. The molecule has 142 valence electrons. The predicted molar refractivity (Wildman–Crippen MR) is 98.6 cm³/mol. The van der Waals surface area contributed by atoms with Gasteiger partial charge in [0.05, 0.1) is 18.7 Å². The molecule has 0 radical (unpaired) electrons. The minimum Gasteiger partial charge on any atom is -0.482 e. The fourth-order valence-corrected chi connectivity index (χ4v) is 2.91. The Hall–Kier alpha value is -2.37. The van der Waals surface area contributed by atoms with Gasteiger partial charge in [0.25, 0.3) is 5.91 Å². The number of ketones is 1. The van der Waals surface area contributed by atoms with Crippen LogP contribution in [0.15, 0.2) is 18.2 Å². The Labute approximate surface area is 154 Å². The number of Topliss-reactive ketones (excluding diaryl/α,β-unsaturated/α-hetero) is 1. The average molecular weight is 361 g/mol. The van der Waals surface area contributed by atoms with Crippen molar-refractivity contribution in [2.75, 3.05) is 24.7 Å². The van der Waals surface area contributed by atoms with Crippen molar-refractivity contribution in [3.05, 3.63) is 23.8 Å². The number of carbonyl (C=O) groups excluding carboxylic acids is 3. The molecular weight excluding hydrogens is 334 g/mol. The van der Waals surface area contributed by atoms with Crippen molar-refractivity contribution >= 4 is 23.3 Å². The second-order valence-electron chi connectivity index (χ2n) is 6.31. The molecule has 0 fully saturated rings. The Morgan fingerprint density at radius 3 is 2.69 bits per heavy atom. The Bertz CT molecular complexity index is 656. The van der Waals surface area contributed by atoms with E-state index in [1.165, 1.54) is 0 Å². The smallest absolute Gasteiger partial charge is 0.306 e. The minimum absolute atomic E-state index is 0.0247. The third-order valence-electron chi connectivity index (χ3n) is 4.32. The zero-order chi connectivity index (χ0) is 18.9. The van der Waals surface area contributed by atoms with Gasteiger partial charge in [0.1, 0.15) is 5.75 Å². The summed E-state index contributed by atoms with van der Waals surface area (Å²) < 4.78 is 10.3. The van der Waals surface area contributed by atoms with E-state index in [4.69, 9.17) is 9.47 Å². The molecular formula is C20H27NO5. The molecule has 0 aromatic heterocycles. The first-order valence-corrected chi connectivity index (χ1v) is 9.32. The molecule has 1 aromatic rings. The van der Waals surface area contributed by atoms with Gasteiger partial charge in [-0.2, -0.15) is 0 Å². The van der Waals surface area contributed by atoms with E-state index in [1.54, 1.807) is 30.0 Å². The normalized spacial score (nSPS) is 13.2. The van der Waals surface area contributed by atoms with Crippen molar-refractivity contribution in [1.29, 1.82) is 0 Å². The number of fused-ring (bicyclic) bond motifs is 1. The standard InChI is InChI=1S/C20H27NO5/c1-3-5-6-7-12-21-16-13-15(8-10-18(16)26-14-19(21)23)17(22)9-11-20(24)25-4-2/h8,10,13H,3-7,9,11-12,14H2,1-2H3. The van der Waals surface area contributed by atoms with Crippen molar-refractivity contribution in [3.8, 4) is 5.75 Å². The molecule has 2 rings (SSSR count). The van der Waals surface area contributed by atoms with Crippen LogP contribution in [0.1, 0.15) is 62.7 Å². The molecule has 0 spiro atoms. The van der Waals surface area contributed by atoms with Crippen molar-refractivity contribution in [1.82, 2.24) is 0 Å². The summed E-state index contributed by atoms with van der Waals surface area (Å²) in [4.78, 5) is 37.8. The monoisotopic (exact) mass is 361 g/mol. The summed E-state index contributed by atoms with van der Waals surface area (Å²) in [6.45, 7) is 4.82. The molecule has 0 saturated heterocycles. The molecule has 1 amide bonds. The second-order valence-corrected chi connectivity index (χ2v) is 6.31. The first-order valence-electron chi connectivity index (χ1n) is 9.32. The number of nitrogens with zero attached hydrogens (tertiary/aromatic N) is 1. The maximum Gasteiger partial charge on any atom is 0.306 e. The lowest BCUT2D eigenvalue weighted by molar-refractivity contribution is -0.143. The van der Waals surface area contributed by atoms with Gasteiger partial charge in [-0.25, -0.2) is 0 Å². The number of hydrogen-bond donors (Lipinski definition) is 0. The minimum atomic E-state index is -0.380. The summed E-state index contributed by atoms with van der Waals surface area (Å²) >= 11 is 0. The molecule has 0 unspecified atom stereocenters. The number of unbranched alkanes of at least 4 members (excludes halogenated alkanes) is 3. The van der Waals surface area contributed by atoms with E-state index in [1.807, 2.05) is 0 Å². The van der Waals surface area contributed by atoms with E-state index in [9.17, 15) is 14.4 Å². The fourth-order valence-electron chi connectivity index (χ4n) is 2.91. The third kappa shape index (κ3) is 5.31. The highest BCUT2D eigenvalue weighted by Gasteiger charge is 2.26. The molecule has 1 heterocycles. The lowest BCUT2D eigenvalue weighted by atomic mass is 10.0. The molecule has 0 aliphatic carbocycles. The average Bonchev–Trinajstić information content (AvgIpc) is 2.64. The largest absolute Gasteiger partial charge is 0.482 e. The number of anilines is 1. The molecule has 0 bridgehead atoms. The molecule has 26 heavy (non-hydrogen) atoms. The molecule has 0 N–H and O–H groups in total. The molecule has 1 aliphatic rings. The van der Waals surface area contributed by atoms with Crippen molar-refractivity contribution in [3.63, 3.8) is 0 Å². The van der Waals surface area contributed by atoms with E-state index < -0.39 is 0 Å². The van der Waals surface area contributed by atoms with E-state index in [0.29, 0.717) is 30.2 Å². The molecule has 1 aliphatic heterocycles. The van der Waals surface area contributed by atoms with Crippen molar-refractivity contribution in [2.24, 2.45) is 0 Å². The maximum atomic E-state index is 12.4. The number of ether oxygens (including phenoxy) is 2. The number of hydrogen-bond acceptors (Lipinski definition) is 5. The Morgan fingerprint density at radius 1 is 1.15 bits per heavy atom. The summed E-state index contributed by atoms with van der Waals surface area (Å²) in [5.74, 6) is -0.00756. The number of carbonyl (C=O) groups is 3. The van der Waals surface area contributed by atoms with Gasteiger partial charge in [0.2, 0.25) is 0 Å². The molecule has 0 atom stereocenters. The van der Waals surface area contributed by atoms with Crippen LogP contribution in [0.4, 0.5) is 5.69 Å². The van der Waals surface area contributed by atoms with E-state index in [-0.39, 0.29) is 37.1 Å².